The van der Waals surface area contributed by atoms with Gasteiger partial charge in [0.25, 0.3) is 10.0 Å². The van der Waals surface area contributed by atoms with Gasteiger partial charge in [-0.3, -0.25) is 14.4 Å². The van der Waals surface area contributed by atoms with E-state index >= 15 is 0 Å². The number of para-hydroxylation sites is 1. The van der Waals surface area contributed by atoms with Gasteiger partial charge in [0.15, 0.2) is 0 Å². The number of carbonyl (C=O) groups excluding carboxylic acids is 1. The fourth-order valence-corrected chi connectivity index (χ4v) is 5.67. The molecule has 0 fully saturated rings. The standard InChI is InChI=1S/C25H24N4O3S2/c1-3-19-9-7-8-12-22(19)29(34(31,32)21-15-13-18(2)14-16-21)17-23(30)26-25-28-27-24(33-25)20-10-5-4-6-11-20/h4-16H,3,17H2,1-2H3,(H,26,28,30). The maximum Gasteiger partial charge on any atom is 0.264 e. The van der Waals surface area contributed by atoms with Gasteiger partial charge in [-0.1, -0.05) is 84.5 Å². The van der Waals surface area contributed by atoms with E-state index in [-0.39, 0.29) is 4.90 Å². The van der Waals surface area contributed by atoms with E-state index in [1.807, 2.05) is 56.3 Å². The van der Waals surface area contributed by atoms with E-state index in [1.165, 1.54) is 11.3 Å². The minimum Gasteiger partial charge on any atom is -0.299 e. The first kappa shape index (κ1) is 23.6. The molecule has 3 aromatic carbocycles. The number of sulfonamides is 1. The fraction of sp³-hybridized carbons (Fsp3) is 0.160. The number of hydrogen-bond donors (Lipinski definition) is 1. The van der Waals surface area contributed by atoms with E-state index in [4.69, 9.17) is 0 Å². The number of amides is 1. The van der Waals surface area contributed by atoms with Crippen LogP contribution in [0.3, 0.4) is 0 Å². The number of rotatable bonds is 8. The summed E-state index contributed by atoms with van der Waals surface area (Å²) >= 11 is 1.23. The van der Waals surface area contributed by atoms with Crippen LogP contribution in [0, 0.1) is 6.92 Å². The third-order valence-electron chi connectivity index (χ3n) is 5.23. The summed E-state index contributed by atoms with van der Waals surface area (Å²) in [5.41, 5.74) is 3.14. The second kappa shape index (κ2) is 10.1. The van der Waals surface area contributed by atoms with Crippen molar-refractivity contribution in [2.24, 2.45) is 0 Å². The Balaban J connectivity index is 1.63. The van der Waals surface area contributed by atoms with Crippen LogP contribution in [0.5, 0.6) is 0 Å². The molecular weight excluding hydrogens is 468 g/mol. The van der Waals surface area contributed by atoms with Gasteiger partial charge >= 0.3 is 0 Å². The van der Waals surface area contributed by atoms with E-state index in [2.05, 4.69) is 15.5 Å². The molecule has 1 amide bonds. The maximum atomic E-state index is 13.6. The Bertz CT molecular complexity index is 1390. The van der Waals surface area contributed by atoms with Gasteiger partial charge in [0.2, 0.25) is 11.0 Å². The maximum absolute atomic E-state index is 13.6. The lowest BCUT2D eigenvalue weighted by atomic mass is 10.1. The Kier molecular flexibility index (Phi) is 7.04. The number of hydrogen-bond acceptors (Lipinski definition) is 6. The number of aromatic nitrogens is 2. The van der Waals surface area contributed by atoms with Crippen LogP contribution in [-0.4, -0.2) is 31.1 Å². The largest absolute Gasteiger partial charge is 0.299 e. The molecule has 0 unspecified atom stereocenters. The average molecular weight is 493 g/mol. The summed E-state index contributed by atoms with van der Waals surface area (Å²) in [5, 5.41) is 11.8. The van der Waals surface area contributed by atoms with Crippen molar-refractivity contribution < 1.29 is 13.2 Å². The monoisotopic (exact) mass is 492 g/mol. The molecule has 34 heavy (non-hydrogen) atoms. The zero-order valence-corrected chi connectivity index (χ0v) is 20.4. The molecule has 174 valence electrons. The first-order valence-corrected chi connectivity index (χ1v) is 13.0. The molecule has 0 aliphatic carbocycles. The van der Waals surface area contributed by atoms with Gasteiger partial charge in [-0.25, -0.2) is 8.42 Å². The summed E-state index contributed by atoms with van der Waals surface area (Å²) < 4.78 is 28.4. The average Bonchev–Trinajstić information content (AvgIpc) is 3.31. The molecule has 0 spiro atoms. The van der Waals surface area contributed by atoms with Crippen molar-refractivity contribution in [2.45, 2.75) is 25.2 Å². The fourth-order valence-electron chi connectivity index (χ4n) is 3.45. The van der Waals surface area contributed by atoms with Crippen LogP contribution in [0.1, 0.15) is 18.1 Å². The van der Waals surface area contributed by atoms with Crippen molar-refractivity contribution in [1.29, 1.82) is 0 Å². The van der Waals surface area contributed by atoms with Crippen molar-refractivity contribution in [1.82, 2.24) is 10.2 Å². The quantitative estimate of drug-likeness (QED) is 0.377. The molecule has 4 aromatic rings. The molecule has 0 atom stereocenters. The molecule has 7 nitrogen and oxygen atoms in total. The van der Waals surface area contributed by atoms with Gasteiger partial charge in [-0.15, -0.1) is 10.2 Å². The molecule has 0 aliphatic heterocycles. The molecule has 0 saturated heterocycles. The minimum atomic E-state index is -3.99. The van der Waals surface area contributed by atoms with E-state index in [0.717, 1.165) is 21.0 Å². The van der Waals surface area contributed by atoms with E-state index in [9.17, 15) is 13.2 Å². The van der Waals surface area contributed by atoms with Crippen LogP contribution in [-0.2, 0) is 21.2 Å². The lowest BCUT2D eigenvalue weighted by Crippen LogP contribution is -2.38. The Morgan fingerprint density at radius 1 is 0.941 bits per heavy atom. The highest BCUT2D eigenvalue weighted by atomic mass is 32.2. The van der Waals surface area contributed by atoms with Gasteiger partial charge in [0, 0.05) is 5.56 Å². The summed E-state index contributed by atoms with van der Waals surface area (Å²) in [6.45, 7) is 3.44. The first-order valence-electron chi connectivity index (χ1n) is 10.7. The van der Waals surface area contributed by atoms with Gasteiger partial charge in [0.05, 0.1) is 10.6 Å². The van der Waals surface area contributed by atoms with Crippen molar-refractivity contribution in [3.63, 3.8) is 0 Å². The molecule has 0 radical (unpaired) electrons. The number of benzene rings is 3. The van der Waals surface area contributed by atoms with Crippen molar-refractivity contribution in [3.8, 4) is 10.6 Å². The second-order valence-electron chi connectivity index (χ2n) is 7.63. The third kappa shape index (κ3) is 5.16. The number of nitrogens with zero attached hydrogens (tertiary/aromatic N) is 3. The van der Waals surface area contributed by atoms with E-state index in [1.54, 1.807) is 36.4 Å². The van der Waals surface area contributed by atoms with Crippen LogP contribution in [0.15, 0.2) is 83.8 Å². The Hall–Kier alpha value is -3.56. The Labute approximate surface area is 203 Å². The second-order valence-corrected chi connectivity index (χ2v) is 10.5. The van der Waals surface area contributed by atoms with Crippen molar-refractivity contribution >= 4 is 38.1 Å². The highest BCUT2D eigenvalue weighted by Gasteiger charge is 2.29. The molecule has 1 N–H and O–H groups in total. The number of nitrogens with one attached hydrogen (secondary N) is 1. The van der Waals surface area contributed by atoms with Crippen LogP contribution < -0.4 is 9.62 Å². The summed E-state index contributed by atoms with van der Waals surface area (Å²) in [6, 6.07) is 23.3. The number of aryl methyl sites for hydroxylation is 2. The van der Waals surface area contributed by atoms with Crippen LogP contribution in [0.25, 0.3) is 10.6 Å². The van der Waals surface area contributed by atoms with Gasteiger partial charge < -0.3 is 0 Å². The molecule has 0 saturated carbocycles. The van der Waals surface area contributed by atoms with E-state index < -0.39 is 22.5 Å². The highest BCUT2D eigenvalue weighted by molar-refractivity contribution is 7.92. The smallest absolute Gasteiger partial charge is 0.264 e. The molecule has 1 aromatic heterocycles. The van der Waals surface area contributed by atoms with Gasteiger partial charge in [-0.2, -0.15) is 0 Å². The highest BCUT2D eigenvalue weighted by Crippen LogP contribution is 2.29. The lowest BCUT2D eigenvalue weighted by Gasteiger charge is -2.26. The summed E-state index contributed by atoms with van der Waals surface area (Å²) in [7, 11) is -3.99. The number of carbonyl (C=O) groups is 1. The first-order chi connectivity index (χ1) is 16.4. The molecule has 1 heterocycles. The number of anilines is 2. The van der Waals surface area contributed by atoms with Crippen molar-refractivity contribution in [2.75, 3.05) is 16.2 Å². The normalized spacial score (nSPS) is 11.2. The molecule has 0 bridgehead atoms. The lowest BCUT2D eigenvalue weighted by molar-refractivity contribution is -0.114. The summed E-state index contributed by atoms with van der Waals surface area (Å²) in [4.78, 5) is 13.1. The zero-order valence-electron chi connectivity index (χ0n) is 18.8. The van der Waals surface area contributed by atoms with Crippen LogP contribution in [0.4, 0.5) is 10.8 Å². The van der Waals surface area contributed by atoms with E-state index in [0.29, 0.717) is 22.2 Å². The SMILES string of the molecule is CCc1ccccc1N(CC(=O)Nc1nnc(-c2ccccc2)s1)S(=O)(=O)c1ccc(C)cc1. The molecule has 0 aliphatic rings. The predicted octanol–water partition coefficient (Wildman–Crippen LogP) is 4.91. The third-order valence-corrected chi connectivity index (χ3v) is 7.89. The zero-order chi connectivity index (χ0) is 24.1. The van der Waals surface area contributed by atoms with Gasteiger partial charge in [-0.05, 0) is 37.1 Å². The van der Waals surface area contributed by atoms with Crippen LogP contribution >= 0.6 is 11.3 Å². The minimum absolute atomic E-state index is 0.124. The molecular formula is C25H24N4O3S2. The molecule has 9 heteroatoms. The topological polar surface area (TPSA) is 92.3 Å². The predicted molar refractivity (Wildman–Crippen MR) is 136 cm³/mol. The Morgan fingerprint density at radius 2 is 1.62 bits per heavy atom. The summed E-state index contributed by atoms with van der Waals surface area (Å²) in [6.07, 6.45) is 0.620. The Morgan fingerprint density at radius 3 is 2.32 bits per heavy atom. The van der Waals surface area contributed by atoms with Crippen molar-refractivity contribution in [3.05, 3.63) is 90.0 Å². The molecule has 4 rings (SSSR count). The van der Waals surface area contributed by atoms with Crippen LogP contribution in [0.2, 0.25) is 0 Å². The summed E-state index contributed by atoms with van der Waals surface area (Å²) in [5.74, 6) is -0.502. The van der Waals surface area contributed by atoms with Gasteiger partial charge in [0.1, 0.15) is 11.6 Å².